The first-order valence-corrected chi connectivity index (χ1v) is 9.72. The van der Waals surface area contributed by atoms with Crippen LogP contribution in [0.5, 0.6) is 0 Å². The van der Waals surface area contributed by atoms with E-state index in [9.17, 15) is 14.9 Å². The number of nitrogens with one attached hydrogen (secondary N) is 1. The summed E-state index contributed by atoms with van der Waals surface area (Å²) in [5.74, 6) is -0.0661. The minimum atomic E-state index is -0.626. The lowest BCUT2D eigenvalue weighted by Gasteiger charge is -2.04. The Bertz CT molecular complexity index is 1240. The fourth-order valence-corrected chi connectivity index (χ4v) is 3.28. The van der Waals surface area contributed by atoms with E-state index in [1.54, 1.807) is 6.07 Å². The zero-order valence-corrected chi connectivity index (χ0v) is 16.9. The van der Waals surface area contributed by atoms with Crippen LogP contribution >= 0.6 is 11.6 Å². The number of hydrogen-bond acceptors (Lipinski definition) is 5. The van der Waals surface area contributed by atoms with E-state index in [2.05, 4.69) is 10.5 Å². The molecule has 0 aliphatic rings. The molecule has 1 amide bonds. The van der Waals surface area contributed by atoms with Gasteiger partial charge in [0.05, 0.1) is 11.5 Å². The molecule has 1 heterocycles. The summed E-state index contributed by atoms with van der Waals surface area (Å²) in [4.78, 5) is 22.9. The van der Waals surface area contributed by atoms with Gasteiger partial charge in [0, 0.05) is 22.7 Å². The molecule has 0 fully saturated rings. The van der Waals surface area contributed by atoms with Crippen LogP contribution in [0.15, 0.2) is 83.4 Å². The predicted molar refractivity (Wildman–Crippen MR) is 117 cm³/mol. The van der Waals surface area contributed by atoms with Crippen molar-refractivity contribution in [2.45, 2.75) is 6.54 Å². The highest BCUT2D eigenvalue weighted by Gasteiger charge is 2.20. The number of rotatable bonds is 6. The van der Waals surface area contributed by atoms with E-state index in [0.717, 1.165) is 16.7 Å². The largest absolute Gasteiger partial charge is 0.356 e. The molecule has 0 aliphatic heterocycles. The lowest BCUT2D eigenvalue weighted by atomic mass is 10.0. The van der Waals surface area contributed by atoms with Gasteiger partial charge in [0.1, 0.15) is 11.3 Å². The molecule has 0 saturated carbocycles. The van der Waals surface area contributed by atoms with E-state index in [0.29, 0.717) is 11.5 Å². The summed E-state index contributed by atoms with van der Waals surface area (Å²) in [5.41, 5.74) is 3.10. The van der Waals surface area contributed by atoms with Gasteiger partial charge in [-0.05, 0) is 23.3 Å². The van der Waals surface area contributed by atoms with Crippen molar-refractivity contribution >= 4 is 23.2 Å². The molecule has 1 N–H and O–H groups in total. The van der Waals surface area contributed by atoms with Gasteiger partial charge < -0.3 is 9.84 Å². The van der Waals surface area contributed by atoms with Crippen molar-refractivity contribution in [2.24, 2.45) is 0 Å². The minimum Gasteiger partial charge on any atom is -0.356 e. The second kappa shape index (κ2) is 8.81. The first-order valence-electron chi connectivity index (χ1n) is 9.35. The molecule has 31 heavy (non-hydrogen) atoms. The second-order valence-corrected chi connectivity index (χ2v) is 7.16. The van der Waals surface area contributed by atoms with E-state index in [-0.39, 0.29) is 22.8 Å². The summed E-state index contributed by atoms with van der Waals surface area (Å²) < 4.78 is 5.38. The summed E-state index contributed by atoms with van der Waals surface area (Å²) in [6.45, 7) is 0.0497. The molecule has 8 heteroatoms. The number of benzene rings is 3. The zero-order chi connectivity index (χ0) is 21.8. The molecular weight excluding hydrogens is 418 g/mol. The number of carbonyl (C=O) groups excluding carboxylic acids is 1. The highest BCUT2D eigenvalue weighted by molar-refractivity contribution is 6.31. The normalized spacial score (nSPS) is 10.6. The third-order valence-corrected chi connectivity index (χ3v) is 4.90. The molecule has 0 spiro atoms. The van der Waals surface area contributed by atoms with Crippen LogP contribution in [0, 0.1) is 10.1 Å². The Morgan fingerprint density at radius 3 is 2.35 bits per heavy atom. The molecule has 4 rings (SSSR count). The quantitative estimate of drug-likeness (QED) is 0.319. The van der Waals surface area contributed by atoms with Crippen LogP contribution in [-0.4, -0.2) is 16.0 Å². The zero-order valence-electron chi connectivity index (χ0n) is 16.1. The third-order valence-electron chi connectivity index (χ3n) is 4.67. The fraction of sp³-hybridized carbons (Fsp3) is 0.0435. The Morgan fingerprint density at radius 2 is 1.65 bits per heavy atom. The average Bonchev–Trinajstić information content (AvgIpc) is 3.27. The predicted octanol–water partition coefficient (Wildman–Crippen LogP) is 5.50. The maximum Gasteiger partial charge on any atom is 0.282 e. The molecule has 0 unspecified atom stereocenters. The van der Waals surface area contributed by atoms with Gasteiger partial charge in [-0.25, -0.2) is 0 Å². The summed E-state index contributed by atoms with van der Waals surface area (Å²) in [7, 11) is 0. The average molecular weight is 434 g/mol. The molecule has 0 radical (unpaired) electrons. The number of halogens is 1. The molecule has 1 aromatic heterocycles. The summed E-state index contributed by atoms with van der Waals surface area (Å²) in [5, 5.41) is 17.9. The number of aromatic nitrogens is 1. The Kier molecular flexibility index (Phi) is 5.77. The van der Waals surface area contributed by atoms with Crippen LogP contribution in [-0.2, 0) is 6.54 Å². The van der Waals surface area contributed by atoms with E-state index >= 15 is 0 Å². The van der Waals surface area contributed by atoms with Gasteiger partial charge in [0.15, 0.2) is 5.76 Å². The topological polar surface area (TPSA) is 98.3 Å². The van der Waals surface area contributed by atoms with Crippen LogP contribution in [0.25, 0.3) is 22.5 Å². The Hall–Kier alpha value is -3.97. The number of nitro benzene ring substituents is 1. The third kappa shape index (κ3) is 4.62. The molecule has 7 nitrogen and oxygen atoms in total. The van der Waals surface area contributed by atoms with E-state index in [4.69, 9.17) is 16.1 Å². The van der Waals surface area contributed by atoms with Gasteiger partial charge in [-0.3, -0.25) is 14.9 Å². The number of amides is 1. The van der Waals surface area contributed by atoms with Crippen molar-refractivity contribution in [3.05, 3.63) is 105 Å². The summed E-state index contributed by atoms with van der Waals surface area (Å²) in [6.07, 6.45) is 0. The molecule has 0 atom stereocenters. The van der Waals surface area contributed by atoms with Crippen molar-refractivity contribution in [1.82, 2.24) is 10.5 Å². The van der Waals surface area contributed by atoms with Gasteiger partial charge in [-0.2, -0.15) is 0 Å². The monoisotopic (exact) mass is 433 g/mol. The Labute approximate surface area is 182 Å². The van der Waals surface area contributed by atoms with E-state index in [1.807, 2.05) is 54.6 Å². The van der Waals surface area contributed by atoms with Crippen molar-refractivity contribution < 1.29 is 14.2 Å². The van der Waals surface area contributed by atoms with Crippen molar-refractivity contribution in [3.63, 3.8) is 0 Å². The molecule has 0 saturated heterocycles. The van der Waals surface area contributed by atoms with Crippen LogP contribution in [0.1, 0.15) is 16.1 Å². The van der Waals surface area contributed by atoms with Gasteiger partial charge in [-0.1, -0.05) is 71.4 Å². The van der Waals surface area contributed by atoms with Gasteiger partial charge >= 0.3 is 0 Å². The molecule has 0 bridgehead atoms. The SMILES string of the molecule is O=C(NCc1cc(-c2ccc(-c3ccccc3)cc2)on1)c1cc(Cl)ccc1[N+](=O)[O-]. The smallest absolute Gasteiger partial charge is 0.282 e. The fourth-order valence-electron chi connectivity index (χ4n) is 3.10. The van der Waals surface area contributed by atoms with Crippen LogP contribution in [0.2, 0.25) is 5.02 Å². The first kappa shape index (κ1) is 20.3. The van der Waals surface area contributed by atoms with Crippen LogP contribution in [0.3, 0.4) is 0 Å². The summed E-state index contributed by atoms with van der Waals surface area (Å²) >= 11 is 5.87. The Morgan fingerprint density at radius 1 is 0.968 bits per heavy atom. The molecule has 4 aromatic rings. The van der Waals surface area contributed by atoms with Gasteiger partial charge in [0.25, 0.3) is 11.6 Å². The number of hydrogen-bond donors (Lipinski definition) is 1. The standard InChI is InChI=1S/C23H16ClN3O4/c24-18-10-11-21(27(29)30)20(12-18)23(28)25-14-19-13-22(31-26-19)17-8-6-16(7-9-17)15-4-2-1-3-5-15/h1-13H,14H2,(H,25,28). The Balaban J connectivity index is 1.45. The number of nitro groups is 1. The van der Waals surface area contributed by atoms with Crippen LogP contribution < -0.4 is 5.32 Å². The molecule has 0 aliphatic carbocycles. The van der Waals surface area contributed by atoms with Crippen molar-refractivity contribution in [2.75, 3.05) is 0 Å². The highest BCUT2D eigenvalue weighted by Crippen LogP contribution is 2.26. The molecule has 154 valence electrons. The van der Waals surface area contributed by atoms with Gasteiger partial charge in [0.2, 0.25) is 0 Å². The maximum atomic E-state index is 12.4. The van der Waals surface area contributed by atoms with Crippen LogP contribution in [0.4, 0.5) is 5.69 Å². The van der Waals surface area contributed by atoms with Crippen molar-refractivity contribution in [1.29, 1.82) is 0 Å². The van der Waals surface area contributed by atoms with E-state index < -0.39 is 10.8 Å². The lowest BCUT2D eigenvalue weighted by molar-refractivity contribution is -0.385. The van der Waals surface area contributed by atoms with Gasteiger partial charge in [-0.15, -0.1) is 0 Å². The minimum absolute atomic E-state index is 0.0497. The first-order chi connectivity index (χ1) is 15.0. The highest BCUT2D eigenvalue weighted by atomic mass is 35.5. The van der Waals surface area contributed by atoms with Crippen molar-refractivity contribution in [3.8, 4) is 22.5 Å². The molecular formula is C23H16ClN3O4. The number of nitrogens with zero attached hydrogens (tertiary/aromatic N) is 2. The number of carbonyl (C=O) groups is 1. The maximum absolute atomic E-state index is 12.4. The molecule has 3 aromatic carbocycles. The lowest BCUT2D eigenvalue weighted by Crippen LogP contribution is -2.23. The second-order valence-electron chi connectivity index (χ2n) is 6.73. The summed E-state index contributed by atoms with van der Waals surface area (Å²) in [6, 6.07) is 23.4. The van der Waals surface area contributed by atoms with E-state index in [1.165, 1.54) is 18.2 Å².